The summed E-state index contributed by atoms with van der Waals surface area (Å²) < 4.78 is 20.4. The molecule has 1 aliphatic carbocycles. The summed E-state index contributed by atoms with van der Waals surface area (Å²) in [6.07, 6.45) is 4.50. The fourth-order valence-corrected chi connectivity index (χ4v) is 4.13. The molecule has 35 heavy (non-hydrogen) atoms. The lowest BCUT2D eigenvalue weighted by atomic mass is 9.78. The molecule has 3 rings (SSSR count). The Hall–Kier alpha value is -3.45. The summed E-state index contributed by atoms with van der Waals surface area (Å²) in [5.41, 5.74) is 2.89. The predicted molar refractivity (Wildman–Crippen MR) is 131 cm³/mol. The normalized spacial score (nSPS) is 18.9. The quantitative estimate of drug-likeness (QED) is 0.219. The number of carbonyl (C=O) groups is 3. The molecule has 0 heterocycles. The average Bonchev–Trinajstić information content (AvgIpc) is 2.89. The minimum absolute atomic E-state index is 0.0932. The van der Waals surface area contributed by atoms with Crippen LogP contribution in [-0.2, 0) is 23.8 Å². The molecular formula is C28H32O7. The van der Waals surface area contributed by atoms with Crippen LogP contribution in [0, 0.1) is 5.92 Å². The van der Waals surface area contributed by atoms with E-state index in [9.17, 15) is 14.4 Å². The van der Waals surface area contributed by atoms with Crippen LogP contribution in [0.5, 0.6) is 5.75 Å². The summed E-state index contributed by atoms with van der Waals surface area (Å²) in [4.78, 5) is 36.3. The molecule has 2 aromatic carbocycles. The first kappa shape index (κ1) is 26.2. The van der Waals surface area contributed by atoms with Crippen molar-refractivity contribution in [3.8, 4) is 5.75 Å². The lowest BCUT2D eigenvalue weighted by Crippen LogP contribution is -2.26. The van der Waals surface area contributed by atoms with Gasteiger partial charge in [0.2, 0.25) is 0 Å². The van der Waals surface area contributed by atoms with Crippen molar-refractivity contribution in [1.82, 2.24) is 0 Å². The molecule has 1 atom stereocenters. The molecule has 0 bridgehead atoms. The Morgan fingerprint density at radius 3 is 2.11 bits per heavy atom. The van der Waals surface area contributed by atoms with E-state index in [2.05, 4.69) is 4.74 Å². The average molecular weight is 481 g/mol. The van der Waals surface area contributed by atoms with Crippen molar-refractivity contribution in [3.63, 3.8) is 0 Å². The van der Waals surface area contributed by atoms with Crippen molar-refractivity contribution in [2.24, 2.45) is 5.92 Å². The van der Waals surface area contributed by atoms with Crippen molar-refractivity contribution in [3.05, 3.63) is 70.8 Å². The molecule has 0 saturated heterocycles. The first-order valence-corrected chi connectivity index (χ1v) is 11.7. The maximum atomic E-state index is 12.6. The summed E-state index contributed by atoms with van der Waals surface area (Å²) in [6.45, 7) is 3.38. The first-order chi connectivity index (χ1) is 16.8. The monoisotopic (exact) mass is 480 g/mol. The minimum atomic E-state index is -0.530. The Kier molecular flexibility index (Phi) is 9.20. The second-order valence-electron chi connectivity index (χ2n) is 8.69. The van der Waals surface area contributed by atoms with Crippen molar-refractivity contribution in [1.29, 1.82) is 0 Å². The van der Waals surface area contributed by atoms with Gasteiger partial charge in [0.15, 0.2) is 6.29 Å². The predicted octanol–water partition coefficient (Wildman–Crippen LogP) is 5.29. The number of ether oxygens (including phenoxy) is 4. The van der Waals surface area contributed by atoms with Gasteiger partial charge in [0.1, 0.15) is 5.75 Å². The van der Waals surface area contributed by atoms with Gasteiger partial charge in [-0.2, -0.15) is 0 Å². The molecule has 1 aliphatic rings. The Balaban J connectivity index is 1.53. The van der Waals surface area contributed by atoms with E-state index < -0.39 is 18.2 Å². The zero-order valence-corrected chi connectivity index (χ0v) is 20.6. The second-order valence-corrected chi connectivity index (χ2v) is 8.69. The largest absolute Gasteiger partial charge is 0.466 e. The van der Waals surface area contributed by atoms with Gasteiger partial charge in [-0.1, -0.05) is 24.3 Å². The summed E-state index contributed by atoms with van der Waals surface area (Å²) in [6, 6.07) is 14.3. The van der Waals surface area contributed by atoms with Crippen LogP contribution in [0.2, 0.25) is 0 Å². The molecule has 1 fully saturated rings. The molecule has 2 aromatic rings. The van der Waals surface area contributed by atoms with Gasteiger partial charge < -0.3 is 18.9 Å². The van der Waals surface area contributed by atoms with E-state index in [4.69, 9.17) is 14.2 Å². The summed E-state index contributed by atoms with van der Waals surface area (Å²) in [5.74, 6) is -0.360. The van der Waals surface area contributed by atoms with Crippen LogP contribution in [0.3, 0.4) is 0 Å². The van der Waals surface area contributed by atoms with Crippen molar-refractivity contribution < 1.29 is 33.3 Å². The number of hydrogen-bond acceptors (Lipinski definition) is 7. The number of rotatable bonds is 8. The van der Waals surface area contributed by atoms with E-state index in [0.717, 1.165) is 36.8 Å². The molecule has 0 aliphatic heterocycles. The Bertz CT molecular complexity index is 1050. The van der Waals surface area contributed by atoms with E-state index in [1.807, 2.05) is 12.1 Å². The van der Waals surface area contributed by atoms with Gasteiger partial charge in [0.25, 0.3) is 0 Å². The second kappa shape index (κ2) is 12.3. The third-order valence-corrected chi connectivity index (χ3v) is 6.27. The summed E-state index contributed by atoms with van der Waals surface area (Å²) >= 11 is 0. The Morgan fingerprint density at radius 1 is 0.914 bits per heavy atom. The molecule has 0 amide bonds. The van der Waals surface area contributed by atoms with Crippen molar-refractivity contribution >= 4 is 24.0 Å². The number of benzene rings is 2. The summed E-state index contributed by atoms with van der Waals surface area (Å²) in [7, 11) is 2.85. The highest BCUT2D eigenvalue weighted by Crippen LogP contribution is 2.36. The van der Waals surface area contributed by atoms with E-state index in [-0.39, 0.29) is 11.9 Å². The number of methoxy groups -OCH3 is 2. The molecule has 1 unspecified atom stereocenters. The molecule has 0 spiro atoms. The van der Waals surface area contributed by atoms with Crippen LogP contribution in [0.15, 0.2) is 54.1 Å². The molecule has 0 N–H and O–H groups in total. The molecule has 1 saturated carbocycles. The van der Waals surface area contributed by atoms with Crippen LogP contribution >= 0.6 is 0 Å². The van der Waals surface area contributed by atoms with E-state index in [1.54, 1.807) is 56.3 Å². The lowest BCUT2D eigenvalue weighted by molar-refractivity contribution is -0.175. The topological polar surface area (TPSA) is 88.1 Å². The van der Waals surface area contributed by atoms with Crippen LogP contribution in [0.4, 0.5) is 0 Å². The van der Waals surface area contributed by atoms with Crippen LogP contribution < -0.4 is 4.74 Å². The molecule has 0 aromatic heterocycles. The zero-order valence-electron chi connectivity index (χ0n) is 20.6. The van der Waals surface area contributed by atoms with Crippen LogP contribution in [-0.4, -0.2) is 38.4 Å². The fourth-order valence-electron chi connectivity index (χ4n) is 4.13. The highest BCUT2D eigenvalue weighted by atomic mass is 16.7. The van der Waals surface area contributed by atoms with Crippen LogP contribution in [0.1, 0.15) is 66.9 Å². The molecule has 7 nitrogen and oxygen atoms in total. The van der Waals surface area contributed by atoms with Gasteiger partial charge in [-0.05, 0) is 86.9 Å². The molecule has 7 heteroatoms. The standard InChI is InChI=1S/C28H32O7/c1-18(26(29)33-4)17-20-5-15-25(16-6-20)35-28(31)24-13-9-22(10-14-24)21-7-11-23(12-8-21)27(30)34-19(2)32-3/h5-6,9-10,13-17,19,21,23H,7-8,11-12H2,1-4H3/b18-17+. The number of carbonyl (C=O) groups excluding carboxylic acids is 3. The van der Waals surface area contributed by atoms with Gasteiger partial charge in [-0.15, -0.1) is 0 Å². The summed E-state index contributed by atoms with van der Waals surface area (Å²) in [5, 5.41) is 0. The lowest BCUT2D eigenvalue weighted by Gasteiger charge is -2.28. The Labute approximate surface area is 206 Å². The zero-order chi connectivity index (χ0) is 25.4. The number of esters is 3. The van der Waals surface area contributed by atoms with Gasteiger partial charge in [-0.25, -0.2) is 9.59 Å². The maximum Gasteiger partial charge on any atom is 0.343 e. The molecular weight excluding hydrogens is 448 g/mol. The SMILES string of the molecule is COC(=O)/C(C)=C/c1ccc(OC(=O)c2ccc(C3CCC(C(=O)OC(C)OC)CC3)cc2)cc1. The highest BCUT2D eigenvalue weighted by molar-refractivity contribution is 5.93. The van der Waals surface area contributed by atoms with E-state index in [0.29, 0.717) is 22.8 Å². The Morgan fingerprint density at radius 2 is 1.54 bits per heavy atom. The van der Waals surface area contributed by atoms with E-state index in [1.165, 1.54) is 14.2 Å². The maximum absolute atomic E-state index is 12.6. The number of hydrogen-bond donors (Lipinski definition) is 0. The third-order valence-electron chi connectivity index (χ3n) is 6.27. The van der Waals surface area contributed by atoms with Crippen molar-refractivity contribution in [2.45, 2.75) is 51.7 Å². The first-order valence-electron chi connectivity index (χ1n) is 11.7. The fraction of sp³-hybridized carbons (Fsp3) is 0.393. The van der Waals surface area contributed by atoms with Gasteiger partial charge in [-0.3, -0.25) is 4.79 Å². The van der Waals surface area contributed by atoms with Gasteiger partial charge in [0, 0.05) is 12.7 Å². The van der Waals surface area contributed by atoms with Crippen molar-refractivity contribution in [2.75, 3.05) is 14.2 Å². The van der Waals surface area contributed by atoms with Gasteiger partial charge in [0.05, 0.1) is 18.6 Å². The van der Waals surface area contributed by atoms with Gasteiger partial charge >= 0.3 is 17.9 Å². The highest BCUT2D eigenvalue weighted by Gasteiger charge is 2.29. The van der Waals surface area contributed by atoms with E-state index >= 15 is 0 Å². The molecule has 0 radical (unpaired) electrons. The third kappa shape index (κ3) is 7.26. The smallest absolute Gasteiger partial charge is 0.343 e. The molecule has 186 valence electrons. The van der Waals surface area contributed by atoms with Crippen LogP contribution in [0.25, 0.3) is 6.08 Å². The minimum Gasteiger partial charge on any atom is -0.466 e.